The molecule has 7 atom stereocenters. The Labute approximate surface area is 260 Å². The fraction of sp³-hybridized carbons (Fsp3) is 0.606. The molecule has 0 aromatic heterocycles. The van der Waals surface area contributed by atoms with E-state index in [2.05, 4.69) is 10.6 Å². The molecule has 5 unspecified atom stereocenters. The third-order valence-corrected chi connectivity index (χ3v) is 11.5. The zero-order valence-corrected chi connectivity index (χ0v) is 26.5. The van der Waals surface area contributed by atoms with Crippen LogP contribution in [0.25, 0.3) is 0 Å². The number of alkyl carbamates (subject to hydrolysis) is 1. The Hall–Kier alpha value is -2.54. The molecule has 3 N–H and O–H groups in total. The van der Waals surface area contributed by atoms with E-state index in [0.29, 0.717) is 18.9 Å². The molecule has 2 heterocycles. The zero-order chi connectivity index (χ0) is 31.1. The zero-order valence-electron chi connectivity index (χ0n) is 25.7. The highest BCUT2D eigenvalue weighted by Crippen LogP contribution is 2.47. The summed E-state index contributed by atoms with van der Waals surface area (Å²) in [6, 6.07) is 15.8. The van der Waals surface area contributed by atoms with Gasteiger partial charge in [0, 0.05) is 30.5 Å². The second-order valence-corrected chi connectivity index (χ2v) is 15.3. The van der Waals surface area contributed by atoms with E-state index in [1.165, 1.54) is 4.31 Å². The lowest BCUT2D eigenvalue weighted by molar-refractivity contribution is -0.153. The highest BCUT2D eigenvalue weighted by molar-refractivity contribution is 7.89. The van der Waals surface area contributed by atoms with Crippen molar-refractivity contribution in [3.63, 3.8) is 0 Å². The van der Waals surface area contributed by atoms with Crippen LogP contribution in [-0.4, -0.2) is 81.3 Å². The van der Waals surface area contributed by atoms with Gasteiger partial charge in [0.1, 0.15) is 6.10 Å². The average Bonchev–Trinajstić information content (AvgIpc) is 3.75. The number of aliphatic hydroxyl groups excluding tert-OH is 1. The van der Waals surface area contributed by atoms with Gasteiger partial charge in [-0.25, -0.2) is 13.2 Å². The second kappa shape index (κ2) is 12.7. The van der Waals surface area contributed by atoms with Crippen molar-refractivity contribution >= 4 is 16.1 Å². The van der Waals surface area contributed by atoms with Crippen molar-refractivity contribution in [2.24, 2.45) is 17.8 Å². The van der Waals surface area contributed by atoms with Gasteiger partial charge in [0.15, 0.2) is 6.29 Å². The highest BCUT2D eigenvalue weighted by atomic mass is 32.2. The lowest BCUT2D eigenvalue weighted by atomic mass is 9.78. The topological polar surface area (TPSA) is 126 Å². The van der Waals surface area contributed by atoms with Gasteiger partial charge in [-0.2, -0.15) is 4.31 Å². The van der Waals surface area contributed by atoms with Gasteiger partial charge >= 0.3 is 6.09 Å². The average molecular weight is 628 g/mol. The van der Waals surface area contributed by atoms with Gasteiger partial charge in [0.25, 0.3) is 0 Å². The summed E-state index contributed by atoms with van der Waals surface area (Å²) in [6.07, 6.45) is 1.34. The summed E-state index contributed by atoms with van der Waals surface area (Å²) >= 11 is 0. The van der Waals surface area contributed by atoms with Crippen LogP contribution >= 0.6 is 0 Å². The van der Waals surface area contributed by atoms with Crippen LogP contribution in [0.15, 0.2) is 59.5 Å². The first-order valence-corrected chi connectivity index (χ1v) is 17.3. The van der Waals surface area contributed by atoms with Gasteiger partial charge < -0.3 is 30.0 Å². The molecule has 240 valence electrons. The molecule has 11 heteroatoms. The van der Waals surface area contributed by atoms with E-state index in [1.807, 2.05) is 63.4 Å². The predicted octanol–water partition coefficient (Wildman–Crippen LogP) is 3.39. The Morgan fingerprint density at radius 1 is 1.07 bits per heavy atom. The Kier molecular flexibility index (Phi) is 9.07. The monoisotopic (exact) mass is 627 g/mol. The minimum atomic E-state index is -3.93. The predicted molar refractivity (Wildman–Crippen MR) is 164 cm³/mol. The smallest absolute Gasteiger partial charge is 0.407 e. The number of sulfonamides is 1. The van der Waals surface area contributed by atoms with Crippen molar-refractivity contribution < 1.29 is 32.5 Å². The molecule has 1 amide bonds. The van der Waals surface area contributed by atoms with Crippen LogP contribution in [0.2, 0.25) is 0 Å². The van der Waals surface area contributed by atoms with Crippen molar-refractivity contribution in [2.45, 2.75) is 87.0 Å². The molecule has 4 aliphatic rings. The number of ether oxygens (including phenoxy) is 3. The maximum atomic E-state index is 13.9. The maximum Gasteiger partial charge on any atom is 0.407 e. The second-order valence-electron chi connectivity index (χ2n) is 13.3. The van der Waals surface area contributed by atoms with Crippen LogP contribution in [0.3, 0.4) is 0 Å². The van der Waals surface area contributed by atoms with E-state index in [-0.39, 0.29) is 47.8 Å². The van der Waals surface area contributed by atoms with Crippen LogP contribution in [-0.2, 0) is 36.2 Å². The SMILES string of the molecule is CNC1(c2ccc(S(=O)(=O)N(CC(C)C)C[C@@H](O)[C@H](Cc3ccccc3)NC(=O)OC3C4COC5OC3CC5C4)cc2)CC1. The van der Waals surface area contributed by atoms with Gasteiger partial charge in [-0.1, -0.05) is 56.3 Å². The van der Waals surface area contributed by atoms with Gasteiger partial charge in [0.2, 0.25) is 10.0 Å². The van der Waals surface area contributed by atoms with Crippen LogP contribution in [0.1, 0.15) is 50.7 Å². The summed E-state index contributed by atoms with van der Waals surface area (Å²) in [7, 11) is -2.01. The van der Waals surface area contributed by atoms with E-state index >= 15 is 0 Å². The van der Waals surface area contributed by atoms with Crippen molar-refractivity contribution in [3.8, 4) is 0 Å². The summed E-state index contributed by atoms with van der Waals surface area (Å²) < 4.78 is 46.9. The standard InChI is InChI=1S/C33H45N3O7S/c1-21(2)18-36(44(39,40)26-11-9-25(10-12-26)33(34-3)13-14-33)19-28(37)27(15-22-7-5-4-6-8-22)35-32(38)43-30-24-16-23-17-29(30)42-31(23)41-20-24/h4-12,21,23-24,27-31,34,37H,13-20H2,1-3H3,(H,35,38)/t23?,24?,27-,28+,29?,30?,31?/m0/s1. The van der Waals surface area contributed by atoms with E-state index in [9.17, 15) is 18.3 Å². The molecule has 2 aliphatic heterocycles. The Morgan fingerprint density at radius 2 is 1.80 bits per heavy atom. The fourth-order valence-corrected chi connectivity index (χ4v) is 8.72. The Bertz CT molecular complexity index is 1390. The van der Waals surface area contributed by atoms with Gasteiger partial charge in [-0.15, -0.1) is 0 Å². The van der Waals surface area contributed by atoms with Crippen LogP contribution in [0, 0.1) is 17.8 Å². The lowest BCUT2D eigenvalue weighted by Gasteiger charge is -2.37. The first kappa shape index (κ1) is 31.4. The number of carbonyl (C=O) groups is 1. The molecule has 2 aromatic carbocycles. The molecule has 0 radical (unpaired) electrons. The first-order chi connectivity index (χ1) is 21.1. The van der Waals surface area contributed by atoms with Gasteiger partial charge in [-0.3, -0.25) is 0 Å². The van der Waals surface area contributed by atoms with Crippen LogP contribution in [0.5, 0.6) is 0 Å². The number of carbonyl (C=O) groups excluding carboxylic acids is 1. The van der Waals surface area contributed by atoms with Crippen molar-refractivity contribution in [2.75, 3.05) is 26.7 Å². The molecule has 2 aromatic rings. The van der Waals surface area contributed by atoms with Crippen LogP contribution in [0.4, 0.5) is 4.79 Å². The summed E-state index contributed by atoms with van der Waals surface area (Å²) in [4.78, 5) is 13.5. The number of hydrogen-bond acceptors (Lipinski definition) is 8. The molecule has 6 rings (SSSR count). The molecule has 3 bridgehead atoms. The normalized spacial score (nSPS) is 28.2. The molecule has 2 saturated carbocycles. The van der Waals surface area contributed by atoms with Crippen LogP contribution < -0.4 is 10.6 Å². The molecule has 10 nitrogen and oxygen atoms in total. The summed E-state index contributed by atoms with van der Waals surface area (Å²) in [5.74, 6) is 0.430. The molecule has 0 spiro atoms. The van der Waals surface area contributed by atoms with Gasteiger partial charge in [-0.05, 0) is 68.3 Å². The molecule has 2 saturated heterocycles. The number of nitrogens with one attached hydrogen (secondary N) is 2. The third-order valence-electron chi connectivity index (χ3n) is 9.68. The van der Waals surface area contributed by atoms with E-state index in [1.54, 1.807) is 12.1 Å². The highest BCUT2D eigenvalue weighted by Gasteiger charge is 2.53. The van der Waals surface area contributed by atoms with Gasteiger partial charge in [0.05, 0.1) is 29.8 Å². The summed E-state index contributed by atoms with van der Waals surface area (Å²) in [5.41, 5.74) is 1.89. The van der Waals surface area contributed by atoms with Crippen molar-refractivity contribution in [1.82, 2.24) is 14.9 Å². The molecule has 2 aliphatic carbocycles. The summed E-state index contributed by atoms with van der Waals surface area (Å²) in [6.45, 7) is 4.40. The molecule has 4 fully saturated rings. The Morgan fingerprint density at radius 3 is 2.45 bits per heavy atom. The molecule has 44 heavy (non-hydrogen) atoms. The van der Waals surface area contributed by atoms with E-state index < -0.39 is 34.4 Å². The first-order valence-electron chi connectivity index (χ1n) is 15.8. The number of rotatable bonds is 13. The van der Waals surface area contributed by atoms with E-state index in [4.69, 9.17) is 14.2 Å². The quantitative estimate of drug-likeness (QED) is 0.309. The number of benzene rings is 2. The van der Waals surface area contributed by atoms with Crippen molar-refractivity contribution in [3.05, 3.63) is 65.7 Å². The summed E-state index contributed by atoms with van der Waals surface area (Å²) in [5, 5.41) is 17.8. The number of fused-ring (bicyclic) bond motifs is 2. The van der Waals surface area contributed by atoms with E-state index in [0.717, 1.165) is 36.8 Å². The fourth-order valence-electron chi connectivity index (χ4n) is 7.10. The number of hydrogen-bond donors (Lipinski definition) is 3. The van der Waals surface area contributed by atoms with Crippen molar-refractivity contribution in [1.29, 1.82) is 0 Å². The molecular weight excluding hydrogens is 582 g/mol. The minimum absolute atomic E-state index is 0.0137. The molecular formula is C33H45N3O7S. The number of nitrogens with zero attached hydrogens (tertiary/aromatic N) is 1. The third kappa shape index (κ3) is 6.54. The number of amides is 1. The largest absolute Gasteiger partial charge is 0.443 e. The Balaban J connectivity index is 1.18. The minimum Gasteiger partial charge on any atom is -0.443 e. The number of aliphatic hydroxyl groups is 1. The maximum absolute atomic E-state index is 13.9. The lowest BCUT2D eigenvalue weighted by Crippen LogP contribution is -2.53.